The molecular formula is C14H29BN2O. The van der Waals surface area contributed by atoms with Crippen LogP contribution in [0.4, 0.5) is 0 Å². The second-order valence-corrected chi connectivity index (χ2v) is 5.37. The molecule has 0 aromatic heterocycles. The summed E-state index contributed by atoms with van der Waals surface area (Å²) in [5.74, 6) is 2.13. The molecule has 0 radical (unpaired) electrons. The van der Waals surface area contributed by atoms with E-state index in [1.165, 1.54) is 38.5 Å². The molecule has 0 saturated carbocycles. The van der Waals surface area contributed by atoms with Crippen molar-refractivity contribution in [2.75, 3.05) is 14.1 Å². The lowest BCUT2D eigenvalue weighted by atomic mass is 9.67. The number of nitrogens with zero attached hydrogens (tertiary/aromatic N) is 2. The number of likely N-dealkylation sites (N-methyl/N-ethyl adjacent to an activating group) is 1. The minimum atomic E-state index is -0.365. The molecule has 18 heavy (non-hydrogen) atoms. The zero-order valence-electron chi connectivity index (χ0n) is 12.4. The molecule has 4 heteroatoms. The highest BCUT2D eigenvalue weighted by Crippen LogP contribution is 2.12. The van der Waals surface area contributed by atoms with Crippen LogP contribution in [0, 0.1) is 11.2 Å². The van der Waals surface area contributed by atoms with Crippen LogP contribution in [0.3, 0.4) is 0 Å². The Morgan fingerprint density at radius 2 is 1.67 bits per heavy atom. The Kier molecular flexibility index (Phi) is 11.2. The Hall–Kier alpha value is -0.525. The average Bonchev–Trinajstić information content (AvgIpc) is 2.34. The van der Waals surface area contributed by atoms with E-state index in [1.54, 1.807) is 0 Å². The number of nitriles is 1. The maximum Gasteiger partial charge on any atom is 0.270 e. The fraction of sp³-hybridized carbons (Fsp3) is 0.929. The molecule has 2 unspecified atom stereocenters. The molecule has 0 saturated heterocycles. The van der Waals surface area contributed by atoms with Crippen molar-refractivity contribution in [1.82, 2.24) is 4.90 Å². The Bertz CT molecular complexity index is 228. The van der Waals surface area contributed by atoms with Crippen molar-refractivity contribution < 1.29 is 5.11 Å². The molecule has 0 rings (SSSR count). The maximum atomic E-state index is 10.1. The zero-order chi connectivity index (χ0) is 13.8. The van der Waals surface area contributed by atoms with Crippen molar-refractivity contribution in [2.24, 2.45) is 0 Å². The van der Waals surface area contributed by atoms with Crippen molar-refractivity contribution in [3.8, 4) is 5.97 Å². The lowest BCUT2D eigenvalue weighted by Gasteiger charge is -2.26. The van der Waals surface area contributed by atoms with Crippen LogP contribution in [-0.4, -0.2) is 43.4 Å². The van der Waals surface area contributed by atoms with E-state index in [-0.39, 0.29) is 12.0 Å². The first kappa shape index (κ1) is 17.5. The minimum absolute atomic E-state index is 0.0184. The van der Waals surface area contributed by atoms with Crippen LogP contribution in [-0.2, 0) is 0 Å². The van der Waals surface area contributed by atoms with Crippen molar-refractivity contribution >= 4 is 7.28 Å². The standard InChI is InChI=1S/C14H29BN2O/c1-4-5-6-7-8-9-10-11-13(18)14(15-12-16)17(2)3/h13-15,18H,4-11H2,1-3H3. The predicted octanol–water partition coefficient (Wildman–Crippen LogP) is 2.29. The highest BCUT2D eigenvalue weighted by Gasteiger charge is 2.21. The van der Waals surface area contributed by atoms with Crippen LogP contribution >= 0.6 is 0 Å². The van der Waals surface area contributed by atoms with Gasteiger partial charge in [-0.1, -0.05) is 51.9 Å². The fourth-order valence-corrected chi connectivity index (χ4v) is 2.26. The van der Waals surface area contributed by atoms with Gasteiger partial charge in [-0.15, -0.1) is 0 Å². The number of unbranched alkanes of at least 4 members (excludes halogenated alkanes) is 6. The van der Waals surface area contributed by atoms with Gasteiger partial charge in [0.15, 0.2) is 0 Å². The van der Waals surface area contributed by atoms with Crippen molar-refractivity contribution in [3.63, 3.8) is 0 Å². The van der Waals surface area contributed by atoms with Crippen molar-refractivity contribution in [1.29, 1.82) is 5.26 Å². The van der Waals surface area contributed by atoms with Crippen LogP contribution in [0.5, 0.6) is 0 Å². The first-order valence-corrected chi connectivity index (χ1v) is 7.34. The van der Waals surface area contributed by atoms with E-state index >= 15 is 0 Å². The molecule has 0 aliphatic rings. The lowest BCUT2D eigenvalue weighted by molar-refractivity contribution is 0.104. The molecule has 0 spiro atoms. The molecule has 0 fully saturated rings. The van der Waals surface area contributed by atoms with Gasteiger partial charge in [0, 0.05) is 5.94 Å². The summed E-state index contributed by atoms with van der Waals surface area (Å²) in [6.45, 7) is 2.23. The zero-order valence-corrected chi connectivity index (χ0v) is 12.4. The van der Waals surface area contributed by atoms with Gasteiger partial charge < -0.3 is 10.0 Å². The average molecular weight is 252 g/mol. The quantitative estimate of drug-likeness (QED) is 0.453. The molecule has 0 aliphatic heterocycles. The van der Waals surface area contributed by atoms with E-state index in [2.05, 4.69) is 12.9 Å². The van der Waals surface area contributed by atoms with Gasteiger partial charge in [0.1, 0.15) is 0 Å². The molecule has 0 aromatic rings. The van der Waals surface area contributed by atoms with E-state index in [1.807, 2.05) is 19.0 Å². The van der Waals surface area contributed by atoms with E-state index in [9.17, 15) is 5.11 Å². The SMILES string of the molecule is CCCCCCCCCC(O)C(BC#N)N(C)C. The summed E-state index contributed by atoms with van der Waals surface area (Å²) in [7, 11) is 4.26. The second kappa shape index (κ2) is 11.6. The number of aliphatic hydroxyl groups is 1. The summed E-state index contributed by atoms with van der Waals surface area (Å²) in [5, 5.41) is 18.8. The van der Waals surface area contributed by atoms with E-state index in [0.29, 0.717) is 7.28 Å². The largest absolute Gasteiger partial charge is 0.392 e. The predicted molar refractivity (Wildman–Crippen MR) is 78.9 cm³/mol. The summed E-state index contributed by atoms with van der Waals surface area (Å²) in [5.41, 5.74) is 0. The molecule has 0 heterocycles. The first-order valence-electron chi connectivity index (χ1n) is 7.34. The molecular weight excluding hydrogens is 223 g/mol. The highest BCUT2D eigenvalue weighted by molar-refractivity contribution is 6.47. The van der Waals surface area contributed by atoms with Crippen molar-refractivity contribution in [2.45, 2.75) is 70.3 Å². The number of hydrogen-bond donors (Lipinski definition) is 1. The van der Waals surface area contributed by atoms with Gasteiger partial charge in [0.2, 0.25) is 0 Å². The fourth-order valence-electron chi connectivity index (χ4n) is 2.26. The van der Waals surface area contributed by atoms with Gasteiger partial charge in [-0.2, -0.15) is 0 Å². The summed E-state index contributed by atoms with van der Waals surface area (Å²) in [6, 6.07) is 0. The molecule has 0 amide bonds. The van der Waals surface area contributed by atoms with E-state index in [0.717, 1.165) is 12.8 Å². The van der Waals surface area contributed by atoms with E-state index < -0.39 is 0 Å². The Balaban J connectivity index is 3.62. The number of rotatable bonds is 11. The van der Waals surface area contributed by atoms with Gasteiger partial charge in [0.05, 0.1) is 6.10 Å². The van der Waals surface area contributed by atoms with Gasteiger partial charge >= 0.3 is 0 Å². The maximum absolute atomic E-state index is 10.1. The first-order chi connectivity index (χ1) is 8.63. The Morgan fingerprint density at radius 1 is 1.11 bits per heavy atom. The number of aliphatic hydroxyl groups excluding tert-OH is 1. The summed E-state index contributed by atoms with van der Waals surface area (Å²) in [6.07, 6.45) is 9.29. The third kappa shape index (κ3) is 8.55. The number of hydrogen-bond acceptors (Lipinski definition) is 3. The lowest BCUT2D eigenvalue weighted by Crippen LogP contribution is -2.43. The van der Waals surface area contributed by atoms with Crippen LogP contribution in [0.15, 0.2) is 0 Å². The van der Waals surface area contributed by atoms with Crippen LogP contribution in [0.2, 0.25) is 0 Å². The van der Waals surface area contributed by atoms with Crippen LogP contribution < -0.4 is 0 Å². The Labute approximate surface area is 113 Å². The highest BCUT2D eigenvalue weighted by atomic mass is 16.3. The summed E-state index contributed by atoms with van der Waals surface area (Å²) >= 11 is 0. The third-order valence-electron chi connectivity index (χ3n) is 3.51. The van der Waals surface area contributed by atoms with Gasteiger partial charge in [-0.3, -0.25) is 0 Å². The molecule has 0 bridgehead atoms. The van der Waals surface area contributed by atoms with Crippen LogP contribution in [0.25, 0.3) is 0 Å². The molecule has 0 aromatic carbocycles. The van der Waals surface area contributed by atoms with Crippen molar-refractivity contribution in [3.05, 3.63) is 0 Å². The molecule has 0 aliphatic carbocycles. The third-order valence-corrected chi connectivity index (χ3v) is 3.51. The monoisotopic (exact) mass is 252 g/mol. The minimum Gasteiger partial charge on any atom is -0.392 e. The topological polar surface area (TPSA) is 47.3 Å². The summed E-state index contributed by atoms with van der Waals surface area (Å²) in [4.78, 5) is 1.95. The Morgan fingerprint density at radius 3 is 2.17 bits per heavy atom. The molecule has 3 nitrogen and oxygen atoms in total. The van der Waals surface area contributed by atoms with Gasteiger partial charge in [-0.05, 0) is 26.5 Å². The second-order valence-electron chi connectivity index (χ2n) is 5.37. The van der Waals surface area contributed by atoms with Gasteiger partial charge in [-0.25, -0.2) is 5.26 Å². The van der Waals surface area contributed by atoms with Gasteiger partial charge in [0.25, 0.3) is 7.28 Å². The molecule has 2 atom stereocenters. The smallest absolute Gasteiger partial charge is 0.270 e. The molecule has 1 N–H and O–H groups in total. The molecule has 104 valence electrons. The van der Waals surface area contributed by atoms with Crippen LogP contribution in [0.1, 0.15) is 58.3 Å². The van der Waals surface area contributed by atoms with E-state index in [4.69, 9.17) is 5.26 Å². The normalized spacial score (nSPS) is 14.2. The summed E-state index contributed by atoms with van der Waals surface area (Å²) < 4.78 is 0.